The summed E-state index contributed by atoms with van der Waals surface area (Å²) in [6.07, 6.45) is 0.827. The van der Waals surface area contributed by atoms with Gasteiger partial charge in [-0.05, 0) is 50.1 Å². The summed E-state index contributed by atoms with van der Waals surface area (Å²) >= 11 is 0. The van der Waals surface area contributed by atoms with Crippen LogP contribution in [0.15, 0.2) is 17.0 Å². The number of benzene rings is 1. The summed E-state index contributed by atoms with van der Waals surface area (Å²) < 4.78 is 32.8. The summed E-state index contributed by atoms with van der Waals surface area (Å²) in [6, 6.07) is 3.47. The SMILES string of the molecule is COc1cc(C)c(S(=O)(=O)NC2CCNC2)c(C)c1. The molecule has 1 aliphatic rings. The maximum atomic E-state index is 12.4. The van der Waals surface area contributed by atoms with E-state index in [-0.39, 0.29) is 6.04 Å². The molecule has 1 aliphatic heterocycles. The van der Waals surface area contributed by atoms with Gasteiger partial charge >= 0.3 is 0 Å². The van der Waals surface area contributed by atoms with Gasteiger partial charge in [0.1, 0.15) is 5.75 Å². The molecule has 0 amide bonds. The zero-order chi connectivity index (χ0) is 14.0. The van der Waals surface area contributed by atoms with E-state index in [2.05, 4.69) is 10.0 Å². The maximum absolute atomic E-state index is 12.4. The zero-order valence-corrected chi connectivity index (χ0v) is 12.3. The van der Waals surface area contributed by atoms with Crippen molar-refractivity contribution in [2.75, 3.05) is 20.2 Å². The summed E-state index contributed by atoms with van der Waals surface area (Å²) in [7, 11) is -1.90. The first-order chi connectivity index (χ1) is 8.94. The Morgan fingerprint density at radius 3 is 2.42 bits per heavy atom. The highest BCUT2D eigenvalue weighted by Gasteiger charge is 2.25. The van der Waals surface area contributed by atoms with Crippen molar-refractivity contribution < 1.29 is 13.2 Å². The Morgan fingerprint density at radius 1 is 1.32 bits per heavy atom. The first-order valence-electron chi connectivity index (χ1n) is 6.32. The van der Waals surface area contributed by atoms with Crippen LogP contribution in [0.5, 0.6) is 5.75 Å². The van der Waals surface area contributed by atoms with Gasteiger partial charge in [0.15, 0.2) is 0 Å². The molecule has 0 saturated carbocycles. The summed E-state index contributed by atoms with van der Waals surface area (Å²) in [5, 5.41) is 3.15. The third-order valence-corrected chi connectivity index (χ3v) is 5.15. The van der Waals surface area contributed by atoms with Crippen molar-refractivity contribution in [1.82, 2.24) is 10.0 Å². The normalized spacial score (nSPS) is 19.6. The van der Waals surface area contributed by atoms with E-state index in [4.69, 9.17) is 4.74 Å². The lowest BCUT2D eigenvalue weighted by Gasteiger charge is -2.16. The van der Waals surface area contributed by atoms with E-state index in [0.717, 1.165) is 13.0 Å². The van der Waals surface area contributed by atoms with Crippen molar-refractivity contribution in [3.8, 4) is 5.75 Å². The molecular formula is C13H20N2O3S. The highest BCUT2D eigenvalue weighted by atomic mass is 32.2. The molecule has 0 bridgehead atoms. The van der Waals surface area contributed by atoms with Gasteiger partial charge in [0, 0.05) is 12.6 Å². The summed E-state index contributed by atoms with van der Waals surface area (Å²) in [6.45, 7) is 5.12. The van der Waals surface area contributed by atoms with Gasteiger partial charge in [0.05, 0.1) is 12.0 Å². The summed E-state index contributed by atoms with van der Waals surface area (Å²) in [4.78, 5) is 0.361. The number of ether oxygens (including phenoxy) is 1. The van der Waals surface area contributed by atoms with Crippen LogP contribution >= 0.6 is 0 Å². The van der Waals surface area contributed by atoms with Gasteiger partial charge in [0.2, 0.25) is 10.0 Å². The smallest absolute Gasteiger partial charge is 0.241 e. The Kier molecular flexibility index (Phi) is 4.13. The minimum atomic E-state index is -3.48. The molecule has 6 heteroatoms. The van der Waals surface area contributed by atoms with E-state index in [9.17, 15) is 8.42 Å². The molecule has 0 aromatic heterocycles. The third-order valence-electron chi connectivity index (χ3n) is 3.32. The highest BCUT2D eigenvalue weighted by Crippen LogP contribution is 2.25. The molecule has 19 heavy (non-hydrogen) atoms. The van der Waals surface area contributed by atoms with Crippen LogP contribution in [-0.2, 0) is 10.0 Å². The number of rotatable bonds is 4. The average Bonchev–Trinajstić information content (AvgIpc) is 2.79. The molecule has 0 radical (unpaired) electrons. The second-order valence-corrected chi connectivity index (χ2v) is 6.55. The van der Waals surface area contributed by atoms with Crippen molar-refractivity contribution >= 4 is 10.0 Å². The summed E-state index contributed by atoms with van der Waals surface area (Å²) in [5.41, 5.74) is 1.41. The van der Waals surface area contributed by atoms with E-state index < -0.39 is 10.0 Å². The van der Waals surface area contributed by atoms with E-state index in [0.29, 0.717) is 28.3 Å². The number of sulfonamides is 1. The molecule has 106 valence electrons. The van der Waals surface area contributed by atoms with Crippen molar-refractivity contribution in [2.45, 2.75) is 31.2 Å². The van der Waals surface area contributed by atoms with Gasteiger partial charge in [-0.25, -0.2) is 13.1 Å². The van der Waals surface area contributed by atoms with Gasteiger partial charge in [0.25, 0.3) is 0 Å². The Morgan fingerprint density at radius 2 is 1.95 bits per heavy atom. The topological polar surface area (TPSA) is 67.4 Å². The minimum Gasteiger partial charge on any atom is -0.497 e. The van der Waals surface area contributed by atoms with E-state index in [1.54, 1.807) is 33.1 Å². The Balaban J connectivity index is 2.34. The number of aryl methyl sites for hydroxylation is 2. The number of hydrogen-bond donors (Lipinski definition) is 2. The van der Waals surface area contributed by atoms with Crippen LogP contribution in [0.3, 0.4) is 0 Å². The van der Waals surface area contributed by atoms with E-state index in [1.165, 1.54) is 0 Å². The number of methoxy groups -OCH3 is 1. The molecule has 1 heterocycles. The monoisotopic (exact) mass is 284 g/mol. The van der Waals surface area contributed by atoms with Crippen LogP contribution in [0.2, 0.25) is 0 Å². The number of nitrogens with one attached hydrogen (secondary N) is 2. The molecule has 1 aromatic carbocycles. The molecule has 2 rings (SSSR count). The van der Waals surface area contributed by atoms with E-state index >= 15 is 0 Å². The Labute approximate surface area is 114 Å². The van der Waals surface area contributed by atoms with Gasteiger partial charge in [-0.15, -0.1) is 0 Å². The minimum absolute atomic E-state index is 0.0223. The molecule has 0 aliphatic carbocycles. The quantitative estimate of drug-likeness (QED) is 0.864. The van der Waals surface area contributed by atoms with Crippen LogP contribution in [0.25, 0.3) is 0 Å². The van der Waals surface area contributed by atoms with Crippen molar-refractivity contribution in [2.24, 2.45) is 0 Å². The second-order valence-electron chi connectivity index (χ2n) is 4.90. The van der Waals surface area contributed by atoms with Crippen LogP contribution in [0, 0.1) is 13.8 Å². The number of hydrogen-bond acceptors (Lipinski definition) is 4. The predicted octanol–water partition coefficient (Wildman–Crippen LogP) is 0.952. The Bertz CT molecular complexity index is 540. The lowest BCUT2D eigenvalue weighted by molar-refractivity contribution is 0.413. The summed E-state index contributed by atoms with van der Waals surface area (Å²) in [5.74, 6) is 0.677. The molecule has 2 N–H and O–H groups in total. The lowest BCUT2D eigenvalue weighted by Crippen LogP contribution is -2.36. The van der Waals surface area contributed by atoms with Crippen molar-refractivity contribution in [3.63, 3.8) is 0 Å². The highest BCUT2D eigenvalue weighted by molar-refractivity contribution is 7.89. The van der Waals surface area contributed by atoms with E-state index in [1.807, 2.05) is 0 Å². The molecule has 5 nitrogen and oxygen atoms in total. The fourth-order valence-corrected chi connectivity index (χ4v) is 4.21. The second kappa shape index (κ2) is 5.48. The molecule has 1 saturated heterocycles. The molecule has 0 spiro atoms. The fourth-order valence-electron chi connectivity index (χ4n) is 2.49. The van der Waals surface area contributed by atoms with Gasteiger partial charge < -0.3 is 10.1 Å². The predicted molar refractivity (Wildman–Crippen MR) is 74.1 cm³/mol. The van der Waals surface area contributed by atoms with Crippen molar-refractivity contribution in [1.29, 1.82) is 0 Å². The molecule has 1 aromatic rings. The molecule has 1 fully saturated rings. The van der Waals surface area contributed by atoms with Crippen LogP contribution in [0.4, 0.5) is 0 Å². The van der Waals surface area contributed by atoms with Crippen LogP contribution in [0.1, 0.15) is 17.5 Å². The van der Waals surface area contributed by atoms with Gasteiger partial charge in [-0.3, -0.25) is 0 Å². The molecular weight excluding hydrogens is 264 g/mol. The largest absolute Gasteiger partial charge is 0.497 e. The fraction of sp³-hybridized carbons (Fsp3) is 0.538. The van der Waals surface area contributed by atoms with Crippen LogP contribution in [-0.4, -0.2) is 34.7 Å². The average molecular weight is 284 g/mol. The standard InChI is InChI=1S/C13H20N2O3S/c1-9-6-12(18-3)7-10(2)13(9)19(16,17)15-11-4-5-14-8-11/h6-7,11,14-15H,4-5,8H2,1-3H3. The molecule has 1 unspecified atom stereocenters. The van der Waals surface area contributed by atoms with Gasteiger partial charge in [-0.1, -0.05) is 0 Å². The molecule has 1 atom stereocenters. The maximum Gasteiger partial charge on any atom is 0.241 e. The van der Waals surface area contributed by atoms with Crippen LogP contribution < -0.4 is 14.8 Å². The first-order valence-corrected chi connectivity index (χ1v) is 7.80. The first kappa shape index (κ1) is 14.3. The zero-order valence-electron chi connectivity index (χ0n) is 11.5. The Hall–Kier alpha value is -1.11. The third kappa shape index (κ3) is 3.08. The van der Waals surface area contributed by atoms with Gasteiger partial charge in [-0.2, -0.15) is 0 Å². The lowest BCUT2D eigenvalue weighted by atomic mass is 10.1. The van der Waals surface area contributed by atoms with Crippen molar-refractivity contribution in [3.05, 3.63) is 23.3 Å².